The maximum atomic E-state index is 6.09. The predicted octanol–water partition coefficient (Wildman–Crippen LogP) is 5.49. The largest absolute Gasteiger partial charge is 0.130 e. The van der Waals surface area contributed by atoms with E-state index in [1.165, 1.54) is 10.5 Å². The summed E-state index contributed by atoms with van der Waals surface area (Å²) in [4.78, 5) is 1.18. The van der Waals surface area contributed by atoms with Gasteiger partial charge in [0.05, 0.1) is 0 Å². The van der Waals surface area contributed by atoms with E-state index in [4.69, 9.17) is 11.6 Å². The Kier molecular flexibility index (Phi) is 3.95. The van der Waals surface area contributed by atoms with Crippen molar-refractivity contribution >= 4 is 39.3 Å². The van der Waals surface area contributed by atoms with Crippen LogP contribution in [-0.2, 0) is 0 Å². The van der Waals surface area contributed by atoms with Gasteiger partial charge in [-0.25, -0.2) is 0 Å². The first kappa shape index (κ1) is 12.0. The molecular formula is C13H10BrClS. The second kappa shape index (κ2) is 5.26. The summed E-state index contributed by atoms with van der Waals surface area (Å²) >= 11 is 11.3. The Morgan fingerprint density at radius 2 is 1.88 bits per heavy atom. The quantitative estimate of drug-likeness (QED) is 0.660. The molecule has 3 heteroatoms. The Morgan fingerprint density at radius 1 is 1.06 bits per heavy atom. The van der Waals surface area contributed by atoms with Crippen LogP contribution in [-0.4, -0.2) is 6.26 Å². The minimum Gasteiger partial charge on any atom is -0.130 e. The number of halogens is 2. The van der Waals surface area contributed by atoms with E-state index >= 15 is 0 Å². The molecule has 0 aliphatic heterocycles. The van der Waals surface area contributed by atoms with Gasteiger partial charge in [-0.2, -0.15) is 0 Å². The first-order chi connectivity index (χ1) is 7.69. The standard InChI is InChI=1S/C13H10BrClS/c1-16-13-7-10(6-12(15)8-13)9-3-2-4-11(14)5-9/h2-8H,1H3. The van der Waals surface area contributed by atoms with Crippen molar-refractivity contribution in [3.05, 3.63) is 52.0 Å². The van der Waals surface area contributed by atoms with Crippen molar-refractivity contribution in [3.63, 3.8) is 0 Å². The molecule has 2 aromatic rings. The van der Waals surface area contributed by atoms with E-state index < -0.39 is 0 Å². The number of rotatable bonds is 2. The van der Waals surface area contributed by atoms with Gasteiger partial charge in [-0.3, -0.25) is 0 Å². The second-order valence-corrected chi connectivity index (χ2v) is 5.62. The van der Waals surface area contributed by atoms with E-state index in [1.807, 2.05) is 24.3 Å². The molecule has 0 bridgehead atoms. The second-order valence-electron chi connectivity index (χ2n) is 3.39. The summed E-state index contributed by atoms with van der Waals surface area (Å²) in [7, 11) is 0. The first-order valence-corrected chi connectivity index (χ1v) is 7.19. The lowest BCUT2D eigenvalue weighted by molar-refractivity contribution is 1.45. The highest BCUT2D eigenvalue weighted by atomic mass is 79.9. The fraction of sp³-hybridized carbons (Fsp3) is 0.0769. The molecule has 0 nitrogen and oxygen atoms in total. The van der Waals surface area contributed by atoms with Crippen molar-refractivity contribution < 1.29 is 0 Å². The molecule has 0 atom stereocenters. The normalized spacial score (nSPS) is 10.4. The van der Waals surface area contributed by atoms with Gasteiger partial charge >= 0.3 is 0 Å². The van der Waals surface area contributed by atoms with Crippen LogP contribution in [0.4, 0.5) is 0 Å². The summed E-state index contributed by atoms with van der Waals surface area (Å²) in [6, 6.07) is 14.3. The van der Waals surface area contributed by atoms with Gasteiger partial charge in [-0.05, 0) is 47.7 Å². The van der Waals surface area contributed by atoms with Gasteiger partial charge in [0, 0.05) is 14.4 Å². The molecule has 0 radical (unpaired) electrons. The third kappa shape index (κ3) is 2.82. The fourth-order valence-corrected chi connectivity index (χ4v) is 2.70. The van der Waals surface area contributed by atoms with Crippen LogP contribution in [0.25, 0.3) is 11.1 Å². The zero-order valence-electron chi connectivity index (χ0n) is 8.71. The maximum Gasteiger partial charge on any atom is 0.0423 e. The maximum absolute atomic E-state index is 6.09. The number of thioether (sulfide) groups is 1. The smallest absolute Gasteiger partial charge is 0.0423 e. The molecule has 0 aliphatic rings. The van der Waals surface area contributed by atoms with Crippen LogP contribution < -0.4 is 0 Å². The van der Waals surface area contributed by atoms with Crippen molar-refractivity contribution in [1.29, 1.82) is 0 Å². The van der Waals surface area contributed by atoms with E-state index in [-0.39, 0.29) is 0 Å². The minimum absolute atomic E-state index is 0.779. The molecule has 0 fully saturated rings. The molecular weight excluding hydrogens is 304 g/mol. The molecule has 0 N–H and O–H groups in total. The Balaban J connectivity index is 2.51. The van der Waals surface area contributed by atoms with Crippen LogP contribution in [0.3, 0.4) is 0 Å². The monoisotopic (exact) mass is 312 g/mol. The van der Waals surface area contributed by atoms with Crippen LogP contribution in [0.15, 0.2) is 51.8 Å². The third-order valence-corrected chi connectivity index (χ3v) is 3.68. The lowest BCUT2D eigenvalue weighted by Crippen LogP contribution is -1.80. The van der Waals surface area contributed by atoms with E-state index in [0.29, 0.717) is 0 Å². The molecule has 0 saturated carbocycles. The fourth-order valence-electron chi connectivity index (χ4n) is 1.52. The molecule has 82 valence electrons. The van der Waals surface area contributed by atoms with E-state index in [1.54, 1.807) is 11.8 Å². The average Bonchev–Trinajstić information content (AvgIpc) is 2.28. The van der Waals surface area contributed by atoms with Crippen molar-refractivity contribution in [2.75, 3.05) is 6.26 Å². The third-order valence-electron chi connectivity index (χ3n) is 2.26. The highest BCUT2D eigenvalue weighted by molar-refractivity contribution is 9.10. The molecule has 2 aromatic carbocycles. The van der Waals surface area contributed by atoms with Crippen LogP contribution in [0.2, 0.25) is 5.02 Å². The SMILES string of the molecule is CSc1cc(Cl)cc(-c2cccc(Br)c2)c1. The summed E-state index contributed by atoms with van der Waals surface area (Å²) in [5.74, 6) is 0. The molecule has 2 rings (SSSR count). The molecule has 0 unspecified atom stereocenters. The zero-order chi connectivity index (χ0) is 11.5. The highest BCUT2D eigenvalue weighted by Gasteiger charge is 2.02. The van der Waals surface area contributed by atoms with Gasteiger partial charge in [0.1, 0.15) is 0 Å². The highest BCUT2D eigenvalue weighted by Crippen LogP contribution is 2.29. The molecule has 0 aromatic heterocycles. The van der Waals surface area contributed by atoms with E-state index in [2.05, 4.69) is 40.4 Å². The molecule has 0 aliphatic carbocycles. The Labute approximate surface area is 113 Å². The van der Waals surface area contributed by atoms with Gasteiger partial charge in [0.25, 0.3) is 0 Å². The topological polar surface area (TPSA) is 0 Å². The Hall–Kier alpha value is -0.440. The van der Waals surface area contributed by atoms with Crippen LogP contribution in [0.5, 0.6) is 0 Å². The van der Waals surface area contributed by atoms with Crippen LogP contribution in [0.1, 0.15) is 0 Å². The number of hydrogen-bond acceptors (Lipinski definition) is 1. The van der Waals surface area contributed by atoms with Gasteiger partial charge in [-0.1, -0.05) is 39.7 Å². The van der Waals surface area contributed by atoms with Gasteiger partial charge in [0.15, 0.2) is 0 Å². The molecule has 0 heterocycles. The lowest BCUT2D eigenvalue weighted by atomic mass is 10.1. The van der Waals surface area contributed by atoms with Crippen molar-refractivity contribution in [3.8, 4) is 11.1 Å². The zero-order valence-corrected chi connectivity index (χ0v) is 11.9. The summed E-state index contributed by atoms with van der Waals surface area (Å²) in [5, 5.41) is 0.779. The Bertz CT molecular complexity index is 511. The van der Waals surface area contributed by atoms with E-state index in [0.717, 1.165) is 15.1 Å². The van der Waals surface area contributed by atoms with Crippen LogP contribution in [0, 0.1) is 0 Å². The number of benzene rings is 2. The summed E-state index contributed by atoms with van der Waals surface area (Å²) in [5.41, 5.74) is 2.32. The predicted molar refractivity (Wildman–Crippen MR) is 76.4 cm³/mol. The first-order valence-electron chi connectivity index (χ1n) is 4.79. The minimum atomic E-state index is 0.779. The van der Waals surface area contributed by atoms with Crippen LogP contribution >= 0.6 is 39.3 Å². The summed E-state index contributed by atoms with van der Waals surface area (Å²) in [6.45, 7) is 0. The van der Waals surface area contributed by atoms with Gasteiger partial charge < -0.3 is 0 Å². The van der Waals surface area contributed by atoms with Gasteiger partial charge in [-0.15, -0.1) is 11.8 Å². The Morgan fingerprint density at radius 3 is 2.56 bits per heavy atom. The van der Waals surface area contributed by atoms with E-state index in [9.17, 15) is 0 Å². The van der Waals surface area contributed by atoms with Crippen molar-refractivity contribution in [2.24, 2.45) is 0 Å². The molecule has 16 heavy (non-hydrogen) atoms. The van der Waals surface area contributed by atoms with Crippen molar-refractivity contribution in [2.45, 2.75) is 4.90 Å². The van der Waals surface area contributed by atoms with Gasteiger partial charge in [0.2, 0.25) is 0 Å². The average molecular weight is 314 g/mol. The summed E-state index contributed by atoms with van der Waals surface area (Å²) < 4.78 is 1.08. The lowest BCUT2D eigenvalue weighted by Gasteiger charge is -2.05. The molecule has 0 amide bonds. The number of hydrogen-bond donors (Lipinski definition) is 0. The summed E-state index contributed by atoms with van der Waals surface area (Å²) in [6.07, 6.45) is 2.05. The van der Waals surface area contributed by atoms with Crippen molar-refractivity contribution in [1.82, 2.24) is 0 Å². The molecule has 0 spiro atoms. The molecule has 0 saturated heterocycles.